The van der Waals surface area contributed by atoms with E-state index >= 15 is 0 Å². The number of nitrogens with zero attached hydrogens (tertiary/aromatic N) is 1. The number of carbonyl (C=O) groups is 1. The highest BCUT2D eigenvalue weighted by atomic mass is 32.2. The zero-order valence-corrected chi connectivity index (χ0v) is 12.3. The van der Waals surface area contributed by atoms with E-state index in [0.29, 0.717) is 10.7 Å². The normalized spacial score (nSPS) is 10.3. The van der Waals surface area contributed by atoms with Gasteiger partial charge >= 0.3 is 0 Å². The number of hydrogen-bond donors (Lipinski definition) is 2. The molecule has 0 saturated heterocycles. The van der Waals surface area contributed by atoms with Crippen LogP contribution in [0.1, 0.15) is 11.1 Å². The van der Waals surface area contributed by atoms with Crippen molar-refractivity contribution in [2.75, 3.05) is 16.8 Å². The number of aryl methyl sites for hydroxylation is 2. The van der Waals surface area contributed by atoms with Crippen molar-refractivity contribution in [2.45, 2.75) is 18.9 Å². The molecule has 0 unspecified atom stereocenters. The first kappa shape index (κ1) is 14.4. The van der Waals surface area contributed by atoms with Crippen molar-refractivity contribution in [3.63, 3.8) is 0 Å². The Bertz CT molecular complexity index is 628. The van der Waals surface area contributed by atoms with Gasteiger partial charge in [0.15, 0.2) is 0 Å². The molecule has 0 radical (unpaired) electrons. The monoisotopic (exact) mass is 287 g/mol. The second kappa shape index (κ2) is 6.43. The van der Waals surface area contributed by atoms with Gasteiger partial charge in [-0.2, -0.15) is 0 Å². The summed E-state index contributed by atoms with van der Waals surface area (Å²) in [6.07, 6.45) is 1.67. The quantitative estimate of drug-likeness (QED) is 0.848. The molecule has 0 aliphatic carbocycles. The molecule has 2 rings (SSSR count). The molecule has 1 heterocycles. The maximum absolute atomic E-state index is 12.0. The standard InChI is InChI=1S/C15H17N3OS/c1-10-5-6-11(2)13(8-10)18-14(19)9-20-15-12(16)4-3-7-17-15/h3-8H,9,16H2,1-2H3,(H,18,19). The molecule has 0 bridgehead atoms. The molecule has 1 aromatic carbocycles. The van der Waals surface area contributed by atoms with Gasteiger partial charge in [-0.1, -0.05) is 23.9 Å². The molecule has 0 spiro atoms. The fourth-order valence-electron chi connectivity index (χ4n) is 1.71. The molecule has 0 atom stereocenters. The third-order valence-electron chi connectivity index (χ3n) is 2.81. The third-order valence-corrected chi connectivity index (χ3v) is 3.83. The number of amides is 1. The minimum Gasteiger partial charge on any atom is -0.397 e. The van der Waals surface area contributed by atoms with Crippen LogP contribution < -0.4 is 11.1 Å². The second-order valence-corrected chi connectivity index (χ2v) is 5.52. The summed E-state index contributed by atoms with van der Waals surface area (Å²) < 4.78 is 0. The SMILES string of the molecule is Cc1ccc(C)c(NC(=O)CSc2ncccc2N)c1. The molecule has 0 aliphatic rings. The summed E-state index contributed by atoms with van der Waals surface area (Å²) in [5.41, 5.74) is 9.40. The Balaban J connectivity index is 1.96. The number of nitrogens with one attached hydrogen (secondary N) is 1. The Morgan fingerprint density at radius 2 is 2.15 bits per heavy atom. The average molecular weight is 287 g/mol. The lowest BCUT2D eigenvalue weighted by Gasteiger charge is -2.09. The smallest absolute Gasteiger partial charge is 0.234 e. The van der Waals surface area contributed by atoms with Crippen LogP contribution in [-0.4, -0.2) is 16.6 Å². The van der Waals surface area contributed by atoms with Gasteiger partial charge in [-0.25, -0.2) is 4.98 Å². The van der Waals surface area contributed by atoms with Gasteiger partial charge < -0.3 is 11.1 Å². The minimum atomic E-state index is -0.0613. The van der Waals surface area contributed by atoms with Crippen LogP contribution in [0.4, 0.5) is 11.4 Å². The summed E-state index contributed by atoms with van der Waals surface area (Å²) in [5, 5.41) is 3.60. The maximum Gasteiger partial charge on any atom is 0.234 e. The van der Waals surface area contributed by atoms with E-state index in [1.807, 2.05) is 32.0 Å². The average Bonchev–Trinajstić information content (AvgIpc) is 2.42. The van der Waals surface area contributed by atoms with E-state index in [1.165, 1.54) is 11.8 Å². The molecule has 0 aliphatic heterocycles. The van der Waals surface area contributed by atoms with Crippen LogP contribution in [0.2, 0.25) is 0 Å². The van der Waals surface area contributed by atoms with Gasteiger partial charge in [0.25, 0.3) is 0 Å². The fourth-order valence-corrected chi connectivity index (χ4v) is 2.42. The summed E-state index contributed by atoms with van der Waals surface area (Å²) in [6, 6.07) is 9.53. The highest BCUT2D eigenvalue weighted by molar-refractivity contribution is 8.00. The first-order valence-electron chi connectivity index (χ1n) is 6.26. The highest BCUT2D eigenvalue weighted by Crippen LogP contribution is 2.22. The number of rotatable bonds is 4. The van der Waals surface area contributed by atoms with Crippen molar-refractivity contribution >= 4 is 29.0 Å². The van der Waals surface area contributed by atoms with Crippen LogP contribution in [0.25, 0.3) is 0 Å². The number of benzene rings is 1. The molecule has 3 N–H and O–H groups in total. The van der Waals surface area contributed by atoms with Crippen LogP contribution in [0.5, 0.6) is 0 Å². The van der Waals surface area contributed by atoms with Gasteiger partial charge in [0.05, 0.1) is 11.4 Å². The molecule has 5 heteroatoms. The topological polar surface area (TPSA) is 68.0 Å². The number of pyridine rings is 1. The van der Waals surface area contributed by atoms with Crippen LogP contribution in [-0.2, 0) is 4.79 Å². The van der Waals surface area contributed by atoms with Crippen molar-refractivity contribution in [2.24, 2.45) is 0 Å². The van der Waals surface area contributed by atoms with Crippen molar-refractivity contribution in [1.29, 1.82) is 0 Å². The van der Waals surface area contributed by atoms with Crippen LogP contribution in [0.15, 0.2) is 41.6 Å². The number of aromatic nitrogens is 1. The third kappa shape index (κ3) is 3.74. The minimum absolute atomic E-state index is 0.0613. The second-order valence-electron chi connectivity index (χ2n) is 4.55. The van der Waals surface area contributed by atoms with E-state index in [4.69, 9.17) is 5.73 Å². The Hall–Kier alpha value is -2.01. The number of nitrogens with two attached hydrogens (primary N) is 1. The van der Waals surface area contributed by atoms with E-state index in [0.717, 1.165) is 16.8 Å². The first-order chi connectivity index (χ1) is 9.56. The lowest BCUT2D eigenvalue weighted by Crippen LogP contribution is -2.15. The molecular formula is C15H17N3OS. The number of nitrogen functional groups attached to an aromatic ring is 1. The molecule has 1 aromatic heterocycles. The van der Waals surface area contributed by atoms with Crippen molar-refractivity contribution in [3.05, 3.63) is 47.7 Å². The molecule has 0 saturated carbocycles. The largest absolute Gasteiger partial charge is 0.397 e. The molecule has 0 fully saturated rings. The van der Waals surface area contributed by atoms with Gasteiger partial charge in [0, 0.05) is 11.9 Å². The first-order valence-corrected chi connectivity index (χ1v) is 7.25. The zero-order chi connectivity index (χ0) is 14.5. The summed E-state index contributed by atoms with van der Waals surface area (Å²) in [4.78, 5) is 16.1. The van der Waals surface area contributed by atoms with Gasteiger partial charge in [-0.3, -0.25) is 4.79 Å². The summed E-state index contributed by atoms with van der Waals surface area (Å²) in [6.45, 7) is 3.97. The summed E-state index contributed by atoms with van der Waals surface area (Å²) in [7, 11) is 0. The van der Waals surface area contributed by atoms with Crippen molar-refractivity contribution < 1.29 is 4.79 Å². The molecular weight excluding hydrogens is 270 g/mol. The predicted octanol–water partition coefficient (Wildman–Crippen LogP) is 3.01. The molecule has 2 aromatic rings. The van der Waals surface area contributed by atoms with Crippen LogP contribution >= 0.6 is 11.8 Å². The fraction of sp³-hybridized carbons (Fsp3) is 0.200. The molecule has 20 heavy (non-hydrogen) atoms. The van der Waals surface area contributed by atoms with E-state index in [2.05, 4.69) is 10.3 Å². The van der Waals surface area contributed by atoms with Crippen molar-refractivity contribution in [1.82, 2.24) is 4.98 Å². The number of carbonyl (C=O) groups excluding carboxylic acids is 1. The highest BCUT2D eigenvalue weighted by Gasteiger charge is 2.08. The Labute approximate surface area is 122 Å². The van der Waals surface area contributed by atoms with Crippen LogP contribution in [0.3, 0.4) is 0 Å². The molecule has 104 valence electrons. The van der Waals surface area contributed by atoms with E-state index in [9.17, 15) is 4.79 Å². The Morgan fingerprint density at radius 3 is 2.90 bits per heavy atom. The van der Waals surface area contributed by atoms with Gasteiger partial charge in [0.1, 0.15) is 5.03 Å². The van der Waals surface area contributed by atoms with E-state index < -0.39 is 0 Å². The lowest BCUT2D eigenvalue weighted by molar-refractivity contribution is -0.113. The Morgan fingerprint density at radius 1 is 1.35 bits per heavy atom. The molecule has 4 nitrogen and oxygen atoms in total. The van der Waals surface area contributed by atoms with Crippen LogP contribution in [0, 0.1) is 13.8 Å². The van der Waals surface area contributed by atoms with Gasteiger partial charge in [-0.15, -0.1) is 0 Å². The van der Waals surface area contributed by atoms with E-state index in [1.54, 1.807) is 18.3 Å². The maximum atomic E-state index is 12.0. The van der Waals surface area contributed by atoms with Gasteiger partial charge in [-0.05, 0) is 43.2 Å². The summed E-state index contributed by atoms with van der Waals surface area (Å²) in [5.74, 6) is 0.225. The van der Waals surface area contributed by atoms with Crippen molar-refractivity contribution in [3.8, 4) is 0 Å². The summed E-state index contributed by atoms with van der Waals surface area (Å²) >= 11 is 1.34. The predicted molar refractivity (Wildman–Crippen MR) is 83.9 cm³/mol. The Kier molecular flexibility index (Phi) is 4.63. The van der Waals surface area contributed by atoms with Gasteiger partial charge in [0.2, 0.25) is 5.91 Å². The lowest BCUT2D eigenvalue weighted by atomic mass is 10.1. The number of hydrogen-bond acceptors (Lipinski definition) is 4. The molecule has 1 amide bonds. The number of anilines is 2. The zero-order valence-electron chi connectivity index (χ0n) is 11.5. The number of thioether (sulfide) groups is 1. The van der Waals surface area contributed by atoms with E-state index in [-0.39, 0.29) is 11.7 Å².